The number of hydrogen-bond acceptors (Lipinski definition) is 9. The van der Waals surface area contributed by atoms with Crippen LogP contribution in [0.1, 0.15) is 42.1 Å². The SMILES string of the molecule is N#CC1CC(NC2CCS(=O)(=O)C2)CCC1n1cc(C(N)=O)c(Nc2ccc(S(=O)(=O)C(F)(F)F)cc2)n1. The van der Waals surface area contributed by atoms with E-state index < -0.39 is 47.9 Å². The number of carbonyl (C=O) groups is 1. The molecular weight excluding hydrogens is 549 g/mol. The van der Waals surface area contributed by atoms with Gasteiger partial charge in [-0.3, -0.25) is 9.48 Å². The molecule has 1 saturated carbocycles. The molecule has 0 bridgehead atoms. The number of benzene rings is 1. The Morgan fingerprint density at radius 2 is 1.84 bits per heavy atom. The van der Waals surface area contributed by atoms with Gasteiger partial charge in [0.1, 0.15) is 5.56 Å². The van der Waals surface area contributed by atoms with Crippen molar-refractivity contribution in [1.82, 2.24) is 15.1 Å². The second kappa shape index (κ2) is 10.2. The number of nitrogens with zero attached hydrogens (tertiary/aromatic N) is 3. The summed E-state index contributed by atoms with van der Waals surface area (Å²) in [6, 6.07) is 5.41. The summed E-state index contributed by atoms with van der Waals surface area (Å²) in [7, 11) is -8.56. The molecule has 1 aliphatic carbocycles. The molecule has 2 aliphatic rings. The van der Waals surface area contributed by atoms with E-state index in [1.807, 2.05) is 0 Å². The van der Waals surface area contributed by atoms with Crippen LogP contribution in [0.4, 0.5) is 24.7 Å². The van der Waals surface area contributed by atoms with Crippen LogP contribution in [-0.4, -0.2) is 61.6 Å². The van der Waals surface area contributed by atoms with E-state index in [9.17, 15) is 40.1 Å². The van der Waals surface area contributed by atoms with Gasteiger partial charge >= 0.3 is 5.51 Å². The summed E-state index contributed by atoms with van der Waals surface area (Å²) in [6.07, 6.45) is 3.52. The molecular formula is C22H25F3N6O5S2. The Bertz CT molecular complexity index is 1470. The number of hydrogen-bond donors (Lipinski definition) is 3. The van der Waals surface area contributed by atoms with Crippen LogP contribution >= 0.6 is 0 Å². The molecule has 0 radical (unpaired) electrons. The van der Waals surface area contributed by atoms with Gasteiger partial charge in [0.25, 0.3) is 15.7 Å². The molecule has 11 nitrogen and oxygen atoms in total. The van der Waals surface area contributed by atoms with Crippen LogP contribution in [0, 0.1) is 17.2 Å². The number of nitrogens with one attached hydrogen (secondary N) is 2. The standard InChI is InChI=1S/C22H25F3N6O5S2/c23-22(24,25)38(35,36)17-4-1-14(2-5-17)29-21-18(20(27)32)11-31(30-21)19-6-3-15(9-13(19)10-26)28-16-7-8-37(33,34)12-16/h1-2,4-5,11,13,15-16,19,28H,3,6-9,12H2,(H2,27,32)(H,29,30). The highest BCUT2D eigenvalue weighted by atomic mass is 32.2. The molecule has 1 aromatic carbocycles. The summed E-state index contributed by atoms with van der Waals surface area (Å²) < 4.78 is 86.4. The smallest absolute Gasteiger partial charge is 0.365 e. The summed E-state index contributed by atoms with van der Waals surface area (Å²) in [5.74, 6) is -1.12. The van der Waals surface area contributed by atoms with Gasteiger partial charge in [0.15, 0.2) is 15.7 Å². The van der Waals surface area contributed by atoms with Gasteiger partial charge in [-0.1, -0.05) is 0 Å². The Hall–Kier alpha value is -3.16. The predicted octanol–water partition coefficient (Wildman–Crippen LogP) is 2.03. The Balaban J connectivity index is 1.50. The molecule has 1 amide bonds. The molecule has 4 rings (SSSR count). The fraction of sp³-hybridized carbons (Fsp3) is 0.500. The number of alkyl halides is 3. The third-order valence-corrected chi connectivity index (χ3v) is 10.0. The number of nitrogens with two attached hydrogens (primary N) is 1. The van der Waals surface area contributed by atoms with Crippen LogP contribution in [-0.2, 0) is 19.7 Å². The topological polar surface area (TPSA) is 177 Å². The van der Waals surface area contributed by atoms with Crippen LogP contribution in [0.2, 0.25) is 0 Å². The average molecular weight is 575 g/mol. The Morgan fingerprint density at radius 3 is 2.39 bits per heavy atom. The van der Waals surface area contributed by atoms with Crippen molar-refractivity contribution in [1.29, 1.82) is 5.26 Å². The van der Waals surface area contributed by atoms with Gasteiger partial charge in [0.05, 0.1) is 34.4 Å². The van der Waals surface area contributed by atoms with Gasteiger partial charge in [-0.2, -0.15) is 23.5 Å². The first-order valence-electron chi connectivity index (χ1n) is 11.6. The number of carbonyl (C=O) groups excluding carboxylic acids is 1. The lowest BCUT2D eigenvalue weighted by Gasteiger charge is -2.34. The van der Waals surface area contributed by atoms with E-state index in [-0.39, 0.29) is 40.7 Å². The van der Waals surface area contributed by atoms with Crippen LogP contribution in [0.5, 0.6) is 0 Å². The van der Waals surface area contributed by atoms with Gasteiger partial charge in [-0.15, -0.1) is 0 Å². The molecule has 0 spiro atoms. The maximum atomic E-state index is 12.8. The zero-order valence-corrected chi connectivity index (χ0v) is 21.5. The zero-order chi connectivity index (χ0) is 27.9. The quantitative estimate of drug-likeness (QED) is 0.446. The molecule has 4 N–H and O–H groups in total. The predicted molar refractivity (Wildman–Crippen MR) is 130 cm³/mol. The highest BCUT2D eigenvalue weighted by Gasteiger charge is 2.46. The third-order valence-electron chi connectivity index (χ3n) is 6.75. The second-order valence-electron chi connectivity index (χ2n) is 9.41. The fourth-order valence-corrected chi connectivity index (χ4v) is 7.29. The Labute approximate surface area is 217 Å². The molecule has 1 saturated heterocycles. The summed E-state index contributed by atoms with van der Waals surface area (Å²) in [5.41, 5.74) is 0.177. The summed E-state index contributed by atoms with van der Waals surface area (Å²) in [4.78, 5) is 11.1. The molecule has 2 fully saturated rings. The zero-order valence-electron chi connectivity index (χ0n) is 19.8. The highest BCUT2D eigenvalue weighted by molar-refractivity contribution is 7.92. The molecule has 4 unspecified atom stereocenters. The lowest BCUT2D eigenvalue weighted by molar-refractivity contribution is -0.0436. The van der Waals surface area contributed by atoms with Crippen molar-refractivity contribution in [2.24, 2.45) is 11.7 Å². The van der Waals surface area contributed by atoms with Crippen molar-refractivity contribution in [3.8, 4) is 6.07 Å². The molecule has 1 aliphatic heterocycles. The van der Waals surface area contributed by atoms with E-state index in [1.165, 1.54) is 10.9 Å². The maximum absolute atomic E-state index is 12.8. The Kier molecular flexibility index (Phi) is 7.47. The average Bonchev–Trinajstić information content (AvgIpc) is 3.41. The van der Waals surface area contributed by atoms with Gasteiger partial charge < -0.3 is 16.4 Å². The molecule has 4 atom stereocenters. The van der Waals surface area contributed by atoms with Crippen LogP contribution in [0.25, 0.3) is 0 Å². The first-order chi connectivity index (χ1) is 17.7. The van der Waals surface area contributed by atoms with Crippen molar-refractivity contribution in [2.45, 2.75) is 54.2 Å². The summed E-state index contributed by atoms with van der Waals surface area (Å²) >= 11 is 0. The number of amides is 1. The number of anilines is 2. The first kappa shape index (κ1) is 27.9. The van der Waals surface area contributed by atoms with E-state index >= 15 is 0 Å². The number of halogens is 3. The second-order valence-corrected chi connectivity index (χ2v) is 13.6. The molecule has 16 heteroatoms. The summed E-state index contributed by atoms with van der Waals surface area (Å²) in [5, 5.41) is 20.3. The van der Waals surface area contributed by atoms with E-state index in [1.54, 1.807) is 0 Å². The highest BCUT2D eigenvalue weighted by Crippen LogP contribution is 2.36. The van der Waals surface area contributed by atoms with Crippen molar-refractivity contribution < 1.29 is 34.8 Å². The number of nitriles is 1. The number of rotatable bonds is 7. The van der Waals surface area contributed by atoms with Crippen LogP contribution in [0.3, 0.4) is 0 Å². The van der Waals surface area contributed by atoms with Gasteiger partial charge in [-0.25, -0.2) is 16.8 Å². The minimum absolute atomic E-state index is 0.00275. The number of sulfone groups is 2. The fourth-order valence-electron chi connectivity index (χ4n) is 4.84. The van der Waals surface area contributed by atoms with Crippen molar-refractivity contribution in [3.05, 3.63) is 36.0 Å². The van der Waals surface area contributed by atoms with E-state index in [2.05, 4.69) is 21.8 Å². The normalized spacial score (nSPS) is 25.5. The minimum Gasteiger partial charge on any atom is -0.365 e. The van der Waals surface area contributed by atoms with Crippen molar-refractivity contribution in [2.75, 3.05) is 16.8 Å². The number of aromatic nitrogens is 2. The lowest BCUT2D eigenvalue weighted by atomic mass is 9.82. The summed E-state index contributed by atoms with van der Waals surface area (Å²) in [6.45, 7) is 0. The van der Waals surface area contributed by atoms with Crippen LogP contribution in [0.15, 0.2) is 35.4 Å². The number of primary amides is 1. The monoisotopic (exact) mass is 574 g/mol. The lowest BCUT2D eigenvalue weighted by Crippen LogP contribution is -2.43. The van der Waals surface area contributed by atoms with E-state index in [4.69, 9.17) is 5.73 Å². The largest absolute Gasteiger partial charge is 0.501 e. The molecule has 206 valence electrons. The first-order valence-corrected chi connectivity index (χ1v) is 14.9. The molecule has 1 aromatic heterocycles. The maximum Gasteiger partial charge on any atom is 0.501 e. The van der Waals surface area contributed by atoms with Gasteiger partial charge in [0.2, 0.25) is 0 Å². The Morgan fingerprint density at radius 1 is 1.16 bits per heavy atom. The van der Waals surface area contributed by atoms with Crippen molar-refractivity contribution >= 4 is 37.1 Å². The minimum atomic E-state index is -5.51. The third kappa shape index (κ3) is 5.79. The molecule has 2 aromatic rings. The van der Waals surface area contributed by atoms with Crippen molar-refractivity contribution in [3.63, 3.8) is 0 Å². The molecule has 38 heavy (non-hydrogen) atoms. The van der Waals surface area contributed by atoms with E-state index in [0.29, 0.717) is 25.7 Å². The van der Waals surface area contributed by atoms with E-state index in [0.717, 1.165) is 24.3 Å². The van der Waals surface area contributed by atoms with Crippen LogP contribution < -0.4 is 16.4 Å². The molecule has 2 heterocycles. The van der Waals surface area contributed by atoms with Gasteiger partial charge in [0, 0.05) is 24.0 Å². The van der Waals surface area contributed by atoms with Gasteiger partial charge in [-0.05, 0) is 49.9 Å².